The van der Waals surface area contributed by atoms with Gasteiger partial charge in [0.05, 0.1) is 6.61 Å². The van der Waals surface area contributed by atoms with Crippen LogP contribution in [0.5, 0.6) is 5.75 Å². The molecule has 0 spiro atoms. The third-order valence-corrected chi connectivity index (χ3v) is 5.57. The van der Waals surface area contributed by atoms with Crippen LogP contribution in [0.15, 0.2) is 40.2 Å². The fourth-order valence-corrected chi connectivity index (χ4v) is 4.50. The fraction of sp³-hybridized carbons (Fsp3) is 0.333. The summed E-state index contributed by atoms with van der Waals surface area (Å²) in [5.41, 5.74) is 1.31. The Kier molecular flexibility index (Phi) is 3.91. The van der Waals surface area contributed by atoms with Crippen LogP contribution in [-0.2, 0) is 6.42 Å². The van der Waals surface area contributed by atoms with E-state index in [-0.39, 0.29) is 0 Å². The highest BCUT2D eigenvalue weighted by molar-refractivity contribution is 9.10. The first-order chi connectivity index (χ1) is 9.29. The van der Waals surface area contributed by atoms with Crippen molar-refractivity contribution in [3.63, 3.8) is 0 Å². The zero-order valence-corrected chi connectivity index (χ0v) is 13.1. The Hall–Kier alpha value is -0.840. The molecule has 0 bridgehead atoms. The Labute approximate surface area is 125 Å². The van der Waals surface area contributed by atoms with Crippen molar-refractivity contribution in [2.24, 2.45) is 5.92 Å². The number of thiophene rings is 1. The smallest absolute Gasteiger partial charge is 0.122 e. The number of hydrogen-bond acceptors (Lipinski definition) is 3. The quantitative estimate of drug-likeness (QED) is 0.913. The van der Waals surface area contributed by atoms with Crippen LogP contribution in [0.1, 0.15) is 16.5 Å². The molecule has 2 nitrogen and oxygen atoms in total. The second kappa shape index (κ2) is 5.65. The van der Waals surface area contributed by atoms with E-state index in [4.69, 9.17) is 4.74 Å². The van der Waals surface area contributed by atoms with E-state index in [2.05, 4.69) is 50.9 Å². The molecule has 1 aromatic heterocycles. The fourth-order valence-electron chi connectivity index (χ4n) is 2.67. The molecule has 2 heterocycles. The number of ether oxygens (including phenoxy) is 1. The molecule has 1 N–H and O–H groups in total. The second-order valence-electron chi connectivity index (χ2n) is 4.78. The molecule has 0 radical (unpaired) electrons. The van der Waals surface area contributed by atoms with Crippen molar-refractivity contribution < 1.29 is 4.74 Å². The summed E-state index contributed by atoms with van der Waals surface area (Å²) in [5, 5.41) is 5.57. The van der Waals surface area contributed by atoms with Crippen LogP contribution in [0.2, 0.25) is 0 Å². The van der Waals surface area contributed by atoms with Gasteiger partial charge in [0.15, 0.2) is 0 Å². The predicted octanol–water partition coefficient (Wildman–Crippen LogP) is 4.02. The average molecular weight is 338 g/mol. The van der Waals surface area contributed by atoms with Crippen LogP contribution in [0.4, 0.5) is 0 Å². The number of halogens is 1. The molecule has 2 unspecified atom stereocenters. The van der Waals surface area contributed by atoms with Crippen LogP contribution in [0.25, 0.3) is 0 Å². The van der Waals surface area contributed by atoms with Gasteiger partial charge in [-0.15, -0.1) is 11.3 Å². The molecule has 1 aliphatic heterocycles. The Balaban J connectivity index is 1.85. The van der Waals surface area contributed by atoms with Gasteiger partial charge in [-0.25, -0.2) is 0 Å². The number of rotatable bonds is 3. The van der Waals surface area contributed by atoms with Crippen molar-refractivity contribution >= 4 is 27.3 Å². The number of para-hydroxylation sites is 1. The maximum atomic E-state index is 5.91. The van der Waals surface area contributed by atoms with Crippen molar-refractivity contribution in [1.29, 1.82) is 0 Å². The SMILES string of the molecule is CNC(c1sccc1Br)C1COc2ccccc2C1. The molecular weight excluding hydrogens is 322 g/mol. The van der Waals surface area contributed by atoms with E-state index in [1.807, 2.05) is 13.1 Å². The van der Waals surface area contributed by atoms with Crippen LogP contribution in [-0.4, -0.2) is 13.7 Å². The maximum absolute atomic E-state index is 5.91. The molecular formula is C15H16BrNOS. The highest BCUT2D eigenvalue weighted by atomic mass is 79.9. The van der Waals surface area contributed by atoms with Gasteiger partial charge in [-0.1, -0.05) is 18.2 Å². The van der Waals surface area contributed by atoms with Crippen molar-refractivity contribution in [3.8, 4) is 5.75 Å². The first kappa shape index (κ1) is 13.2. The highest BCUT2D eigenvalue weighted by Gasteiger charge is 2.29. The molecule has 0 fully saturated rings. The minimum Gasteiger partial charge on any atom is -0.493 e. The molecule has 19 heavy (non-hydrogen) atoms. The molecule has 2 atom stereocenters. The van der Waals surface area contributed by atoms with Crippen LogP contribution >= 0.6 is 27.3 Å². The third-order valence-electron chi connectivity index (χ3n) is 3.62. The van der Waals surface area contributed by atoms with Crippen LogP contribution in [0, 0.1) is 5.92 Å². The summed E-state index contributed by atoms with van der Waals surface area (Å²) in [6.07, 6.45) is 1.06. The lowest BCUT2D eigenvalue weighted by atomic mass is 9.89. The Morgan fingerprint density at radius 3 is 2.95 bits per heavy atom. The zero-order chi connectivity index (χ0) is 13.2. The van der Waals surface area contributed by atoms with Gasteiger partial charge in [0.1, 0.15) is 5.75 Å². The largest absolute Gasteiger partial charge is 0.493 e. The lowest BCUT2D eigenvalue weighted by Crippen LogP contribution is -2.33. The zero-order valence-electron chi connectivity index (χ0n) is 10.7. The Bertz CT molecular complexity index is 569. The van der Waals surface area contributed by atoms with E-state index < -0.39 is 0 Å². The van der Waals surface area contributed by atoms with Crippen LogP contribution in [0.3, 0.4) is 0 Å². The number of fused-ring (bicyclic) bond motifs is 1. The molecule has 1 aromatic carbocycles. The lowest BCUT2D eigenvalue weighted by Gasteiger charge is -2.31. The molecule has 100 valence electrons. The Morgan fingerprint density at radius 2 is 2.21 bits per heavy atom. The molecule has 0 saturated carbocycles. The number of hydrogen-bond donors (Lipinski definition) is 1. The predicted molar refractivity (Wildman–Crippen MR) is 83.0 cm³/mol. The summed E-state index contributed by atoms with van der Waals surface area (Å²) in [5.74, 6) is 1.51. The molecule has 2 aromatic rings. The molecule has 0 saturated heterocycles. The van der Waals surface area contributed by atoms with E-state index in [1.54, 1.807) is 11.3 Å². The van der Waals surface area contributed by atoms with E-state index in [9.17, 15) is 0 Å². The van der Waals surface area contributed by atoms with Gasteiger partial charge in [0.25, 0.3) is 0 Å². The summed E-state index contributed by atoms with van der Waals surface area (Å²) in [6.45, 7) is 0.771. The number of benzene rings is 1. The minimum atomic E-state index is 0.336. The summed E-state index contributed by atoms with van der Waals surface area (Å²) in [4.78, 5) is 1.36. The summed E-state index contributed by atoms with van der Waals surface area (Å²) in [6, 6.07) is 10.8. The second-order valence-corrected chi connectivity index (χ2v) is 6.58. The summed E-state index contributed by atoms with van der Waals surface area (Å²) in [7, 11) is 2.03. The first-order valence-electron chi connectivity index (χ1n) is 6.40. The van der Waals surface area contributed by atoms with Gasteiger partial charge in [-0.3, -0.25) is 0 Å². The topological polar surface area (TPSA) is 21.3 Å². The molecule has 0 aliphatic carbocycles. The summed E-state index contributed by atoms with van der Waals surface area (Å²) >= 11 is 5.43. The molecule has 1 aliphatic rings. The van der Waals surface area contributed by atoms with Gasteiger partial charge >= 0.3 is 0 Å². The molecule has 4 heteroatoms. The van der Waals surface area contributed by atoms with Crippen LogP contribution < -0.4 is 10.1 Å². The van der Waals surface area contributed by atoms with Crippen molar-refractivity contribution in [2.45, 2.75) is 12.5 Å². The summed E-state index contributed by atoms with van der Waals surface area (Å²) < 4.78 is 7.10. The molecule has 3 rings (SSSR count). The standard InChI is InChI=1S/C15H16BrNOS/c1-17-14(15-12(16)6-7-19-15)11-8-10-4-2-3-5-13(10)18-9-11/h2-7,11,14,17H,8-9H2,1H3. The monoisotopic (exact) mass is 337 g/mol. The average Bonchev–Trinajstić information content (AvgIpc) is 2.86. The van der Waals surface area contributed by atoms with Crippen molar-refractivity contribution in [3.05, 3.63) is 50.6 Å². The van der Waals surface area contributed by atoms with E-state index >= 15 is 0 Å². The highest BCUT2D eigenvalue weighted by Crippen LogP contribution is 2.38. The van der Waals surface area contributed by atoms with Crippen molar-refractivity contribution in [2.75, 3.05) is 13.7 Å². The molecule has 0 amide bonds. The van der Waals surface area contributed by atoms with Gasteiger partial charge in [-0.2, -0.15) is 0 Å². The van der Waals surface area contributed by atoms with E-state index in [1.165, 1.54) is 14.9 Å². The number of nitrogens with one attached hydrogen (secondary N) is 1. The van der Waals surface area contributed by atoms with Gasteiger partial charge < -0.3 is 10.1 Å². The van der Waals surface area contributed by atoms with Gasteiger partial charge in [-0.05, 0) is 52.5 Å². The third kappa shape index (κ3) is 2.57. The van der Waals surface area contributed by atoms with E-state index in [0.29, 0.717) is 12.0 Å². The maximum Gasteiger partial charge on any atom is 0.122 e. The minimum absolute atomic E-state index is 0.336. The first-order valence-corrected chi connectivity index (χ1v) is 8.07. The van der Waals surface area contributed by atoms with Crippen molar-refractivity contribution in [1.82, 2.24) is 5.32 Å². The lowest BCUT2D eigenvalue weighted by molar-refractivity contribution is 0.189. The van der Waals surface area contributed by atoms with Gasteiger partial charge in [0.2, 0.25) is 0 Å². The van der Waals surface area contributed by atoms with Gasteiger partial charge in [0, 0.05) is 21.3 Å². The normalized spacial score (nSPS) is 19.6. The van der Waals surface area contributed by atoms with E-state index in [0.717, 1.165) is 18.8 Å². The Morgan fingerprint density at radius 1 is 1.37 bits per heavy atom.